The number of aryl methyl sites for hydroxylation is 1. The Labute approximate surface area is 259 Å². The molecule has 6 aromatic rings. The number of alkyl halides is 1. The molecule has 6 rings (SSSR count). The zero-order chi connectivity index (χ0) is 27.2. The normalized spacial score (nSPS) is 9.41. The molecule has 0 aliphatic carbocycles. The van der Waals surface area contributed by atoms with Gasteiger partial charge in [0.25, 0.3) is 0 Å². The van der Waals surface area contributed by atoms with Crippen LogP contribution in [-0.4, -0.2) is 15.0 Å². The molecule has 0 atom stereocenters. The Morgan fingerprint density at radius 3 is 1.59 bits per heavy atom. The topological polar surface area (TPSA) is 66.8 Å². The number of hydrogen-bond acceptors (Lipinski definition) is 4. The number of hydrogen-bond donors (Lipinski definition) is 0. The predicted molar refractivity (Wildman–Crippen MR) is 158 cm³/mol. The smallest absolute Gasteiger partial charge is 0.512 e. The van der Waals surface area contributed by atoms with Gasteiger partial charge in [-0.3, -0.25) is 15.0 Å². The van der Waals surface area contributed by atoms with Crippen molar-refractivity contribution >= 4 is 48.6 Å². The van der Waals surface area contributed by atoms with Crippen molar-refractivity contribution in [1.29, 1.82) is 5.26 Å². The van der Waals surface area contributed by atoms with Crippen molar-refractivity contribution in [3.63, 3.8) is 0 Å². The molecule has 0 fully saturated rings. The van der Waals surface area contributed by atoms with E-state index in [1.807, 2.05) is 67.0 Å². The summed E-state index contributed by atoms with van der Waals surface area (Å²) in [5.74, 6) is 0. The fourth-order valence-electron chi connectivity index (χ4n) is 3.72. The van der Waals surface area contributed by atoms with E-state index in [1.54, 1.807) is 6.20 Å². The molecule has 39 heavy (non-hydrogen) atoms. The molecule has 0 saturated carbocycles. The van der Waals surface area contributed by atoms with Crippen molar-refractivity contribution in [2.24, 2.45) is 0 Å². The summed E-state index contributed by atoms with van der Waals surface area (Å²) in [4.78, 5) is 16.0. The van der Waals surface area contributed by atoms with Crippen LogP contribution in [0.4, 0.5) is 0 Å². The molecular weight excluding hydrogens is 557 g/mol. The molecule has 0 N–H and O–H groups in total. The molecule has 0 saturated heterocycles. The van der Waals surface area contributed by atoms with E-state index >= 15 is 0 Å². The summed E-state index contributed by atoms with van der Waals surface area (Å²) in [5.41, 5.74) is 6.73. The maximum absolute atomic E-state index is 6.76. The first-order chi connectivity index (χ1) is 18.7. The molecule has 0 aliphatic heterocycles. The van der Waals surface area contributed by atoms with E-state index in [0.717, 1.165) is 32.8 Å². The fourth-order valence-corrected chi connectivity index (χ4v) is 4.07. The summed E-state index contributed by atoms with van der Waals surface area (Å²) in [6.45, 7) is 14.0. The van der Waals surface area contributed by atoms with E-state index in [0.29, 0.717) is 6.54 Å². The first-order valence-corrected chi connectivity index (χ1v) is 12.9. The maximum Gasteiger partial charge on any atom is 1.00 e. The van der Waals surface area contributed by atoms with E-state index in [4.69, 9.17) is 18.4 Å². The van der Waals surface area contributed by atoms with Gasteiger partial charge in [-0.2, -0.15) is 0 Å². The Morgan fingerprint density at radius 2 is 1.10 bits per heavy atom. The first kappa shape index (κ1) is 31.6. The fraction of sp³-hybridized carbons (Fsp3) is 0.0938. The van der Waals surface area contributed by atoms with E-state index < -0.39 is 0 Å². The van der Waals surface area contributed by atoms with Crippen LogP contribution < -0.4 is 29.6 Å². The van der Waals surface area contributed by atoms with Gasteiger partial charge in [-0.05, 0) is 73.2 Å². The Kier molecular flexibility index (Phi) is 13.8. The van der Waals surface area contributed by atoms with Gasteiger partial charge < -0.3 is 16.7 Å². The number of halogens is 1. The standard InChI is InChI=1S/C11H8N2.C10H8BrN.C10H9N.CN.Na/c1-12-8-9-4-5-11-10(7-9)3-2-6-13-11;11-7-8-3-4-10-9(6-8)2-1-5-12-10;1-8-4-5-10-9(7-8)3-2-6-11-10;1-2;/h2-7H,8H2;1-6H,7H2;2-7H,1H3;;/q;;;-1;+1. The van der Waals surface area contributed by atoms with Crippen molar-refractivity contribution in [1.82, 2.24) is 15.0 Å². The first-order valence-electron chi connectivity index (χ1n) is 11.8. The van der Waals surface area contributed by atoms with Gasteiger partial charge in [0, 0.05) is 45.6 Å². The molecule has 5 nitrogen and oxygen atoms in total. The Morgan fingerprint density at radius 1 is 0.667 bits per heavy atom. The third-order valence-electron chi connectivity index (χ3n) is 5.51. The molecule has 0 bridgehead atoms. The number of rotatable bonds is 2. The minimum Gasteiger partial charge on any atom is -0.512 e. The number of nitrogens with zero attached hydrogens (tertiary/aromatic N) is 5. The van der Waals surface area contributed by atoms with Crippen molar-refractivity contribution in [3.05, 3.63) is 144 Å². The predicted octanol–water partition coefficient (Wildman–Crippen LogP) is 5.43. The quantitative estimate of drug-likeness (QED) is 0.155. The molecule has 0 aliphatic rings. The minimum atomic E-state index is 0. The maximum atomic E-state index is 6.76. The molecule has 186 valence electrons. The molecular formula is C32H25BrN5Na. The van der Waals surface area contributed by atoms with Crippen LogP contribution in [0, 0.1) is 25.3 Å². The van der Waals surface area contributed by atoms with Crippen molar-refractivity contribution in [3.8, 4) is 0 Å². The van der Waals surface area contributed by atoms with Crippen LogP contribution in [-0.2, 0) is 11.9 Å². The van der Waals surface area contributed by atoms with E-state index in [-0.39, 0.29) is 29.6 Å². The minimum absolute atomic E-state index is 0. The van der Waals surface area contributed by atoms with Gasteiger partial charge >= 0.3 is 29.6 Å². The van der Waals surface area contributed by atoms with E-state index in [2.05, 4.69) is 79.0 Å². The van der Waals surface area contributed by atoms with Crippen LogP contribution in [0.1, 0.15) is 16.7 Å². The van der Waals surface area contributed by atoms with Crippen LogP contribution in [0.15, 0.2) is 110 Å². The van der Waals surface area contributed by atoms with Gasteiger partial charge in [0.1, 0.15) is 0 Å². The molecule has 0 amide bonds. The largest absolute Gasteiger partial charge is 1.00 e. The summed E-state index contributed by atoms with van der Waals surface area (Å²) < 4.78 is 0. The van der Waals surface area contributed by atoms with Crippen LogP contribution >= 0.6 is 15.9 Å². The SMILES string of the molecule is BrCc1ccc2ncccc2c1.Cc1ccc2ncccc2c1.[C-]#N.[C-]#[N+]Cc1ccc2ncccc2c1.[Na+]. The summed E-state index contributed by atoms with van der Waals surface area (Å²) in [7, 11) is 0. The number of fused-ring (bicyclic) bond motifs is 3. The van der Waals surface area contributed by atoms with E-state index in [1.165, 1.54) is 21.9 Å². The van der Waals surface area contributed by atoms with Crippen LogP contribution in [0.3, 0.4) is 0 Å². The summed E-state index contributed by atoms with van der Waals surface area (Å²) in [6, 6.07) is 30.5. The van der Waals surface area contributed by atoms with Crippen LogP contribution in [0.2, 0.25) is 0 Å². The summed E-state index contributed by atoms with van der Waals surface area (Å²) in [6.07, 6.45) is 5.41. The Hall–Kier alpha value is -3.65. The molecule has 3 aromatic heterocycles. The van der Waals surface area contributed by atoms with Crippen LogP contribution in [0.5, 0.6) is 0 Å². The van der Waals surface area contributed by atoms with Gasteiger partial charge in [0.05, 0.1) is 16.6 Å². The zero-order valence-corrected chi connectivity index (χ0v) is 25.5. The number of aromatic nitrogens is 3. The van der Waals surface area contributed by atoms with Gasteiger partial charge in [-0.25, -0.2) is 6.57 Å². The van der Waals surface area contributed by atoms with Crippen LogP contribution in [0.25, 0.3) is 37.6 Å². The van der Waals surface area contributed by atoms with Crippen molar-refractivity contribution < 1.29 is 29.6 Å². The third kappa shape index (κ3) is 9.55. The molecule has 0 unspecified atom stereocenters. The van der Waals surface area contributed by atoms with Gasteiger partial charge in [0.15, 0.2) is 0 Å². The summed E-state index contributed by atoms with van der Waals surface area (Å²) >= 11 is 3.42. The average molecular weight is 582 g/mol. The third-order valence-corrected chi connectivity index (χ3v) is 6.16. The average Bonchev–Trinajstić information content (AvgIpc) is 2.98. The van der Waals surface area contributed by atoms with Gasteiger partial charge in [-0.15, -0.1) is 0 Å². The molecule has 3 heterocycles. The second-order valence-electron chi connectivity index (χ2n) is 8.21. The number of pyridine rings is 3. The number of benzene rings is 3. The Bertz CT molecular complexity index is 1690. The molecule has 3 aromatic carbocycles. The van der Waals surface area contributed by atoms with E-state index in [9.17, 15) is 0 Å². The van der Waals surface area contributed by atoms with Crippen molar-refractivity contribution in [2.45, 2.75) is 18.8 Å². The summed E-state index contributed by atoms with van der Waals surface area (Å²) in [5, 5.41) is 10.7. The zero-order valence-electron chi connectivity index (χ0n) is 21.9. The second-order valence-corrected chi connectivity index (χ2v) is 8.77. The van der Waals surface area contributed by atoms with Crippen molar-refractivity contribution in [2.75, 3.05) is 0 Å². The molecule has 0 radical (unpaired) electrons. The molecule has 0 spiro atoms. The monoisotopic (exact) mass is 581 g/mol. The Balaban J connectivity index is 0.000000197. The van der Waals surface area contributed by atoms with Gasteiger partial charge in [-0.1, -0.05) is 51.8 Å². The van der Waals surface area contributed by atoms with Gasteiger partial charge in [0.2, 0.25) is 6.54 Å². The molecule has 7 heteroatoms. The second kappa shape index (κ2) is 17.0.